The standard InChI is InChI=1S/H3O3PS.H3O3P/c1-4(2,3)5;1-4(2)3/h(H3,1,2,3,5);1-3H. The van der Waals surface area contributed by atoms with Crippen molar-refractivity contribution < 1.29 is 29.4 Å². The van der Waals surface area contributed by atoms with Crippen LogP contribution < -0.4 is 0 Å². The van der Waals surface area contributed by atoms with Crippen LogP contribution in [-0.2, 0) is 11.8 Å². The van der Waals surface area contributed by atoms with Crippen LogP contribution in [0.5, 0.6) is 0 Å². The monoisotopic (exact) mass is 196 g/mol. The molecule has 0 aromatic carbocycles. The summed E-state index contributed by atoms with van der Waals surface area (Å²) in [5.41, 5.74) is 0. The predicted molar refractivity (Wildman–Crippen MR) is 34.5 cm³/mol. The van der Waals surface area contributed by atoms with Crippen molar-refractivity contribution in [2.24, 2.45) is 0 Å². The first-order valence-corrected chi connectivity index (χ1v) is 5.24. The lowest BCUT2D eigenvalue weighted by Crippen LogP contribution is -1.65. The van der Waals surface area contributed by atoms with Crippen LogP contribution in [0.1, 0.15) is 0 Å². The molecule has 0 bridgehead atoms. The van der Waals surface area contributed by atoms with Crippen LogP contribution >= 0.6 is 15.3 Å². The van der Waals surface area contributed by atoms with Gasteiger partial charge in [-0.15, -0.1) is 0 Å². The van der Waals surface area contributed by atoms with E-state index in [-0.39, 0.29) is 0 Å². The van der Waals surface area contributed by atoms with E-state index in [2.05, 4.69) is 11.8 Å². The second-order valence-corrected chi connectivity index (χ2v) is 3.81. The van der Waals surface area contributed by atoms with Crippen molar-refractivity contribution in [3.05, 3.63) is 0 Å². The molecule has 0 saturated carbocycles. The molecule has 0 rings (SSSR count). The summed E-state index contributed by atoms with van der Waals surface area (Å²) in [4.78, 5) is 44.4. The maximum absolute atomic E-state index is 7.56. The van der Waals surface area contributed by atoms with Gasteiger partial charge in [-0.2, -0.15) is 0 Å². The fourth-order valence-electron chi connectivity index (χ4n) is 0. The summed E-state index contributed by atoms with van der Waals surface area (Å²) in [6, 6.07) is 0. The fourth-order valence-corrected chi connectivity index (χ4v) is 0. The summed E-state index contributed by atoms with van der Waals surface area (Å²) in [6.45, 7) is -3.81. The van der Waals surface area contributed by atoms with Gasteiger partial charge in [0.05, 0.1) is 0 Å². The molecule has 0 saturated heterocycles. The Labute approximate surface area is 57.3 Å². The molecule has 0 aromatic heterocycles. The SMILES string of the molecule is OP(O)(O)=S.OP(O)O. The summed E-state index contributed by atoms with van der Waals surface area (Å²) in [5.74, 6) is 0. The summed E-state index contributed by atoms with van der Waals surface area (Å²) in [6.07, 6.45) is 0. The van der Waals surface area contributed by atoms with Crippen LogP contribution in [0.2, 0.25) is 0 Å². The fraction of sp³-hybridized carbons (Fsp3) is 0. The van der Waals surface area contributed by atoms with Crippen molar-refractivity contribution in [2.75, 3.05) is 0 Å². The van der Waals surface area contributed by atoms with E-state index in [4.69, 9.17) is 29.4 Å². The maximum atomic E-state index is 7.56. The smallest absolute Gasteiger partial charge is 0.324 e. The highest BCUT2D eigenvalue weighted by Gasteiger charge is 1.92. The zero-order valence-electron chi connectivity index (χ0n) is 3.99. The van der Waals surface area contributed by atoms with E-state index in [1.165, 1.54) is 0 Å². The highest BCUT2D eigenvalue weighted by molar-refractivity contribution is 8.06. The largest absolute Gasteiger partial charge is 0.328 e. The van der Waals surface area contributed by atoms with E-state index in [9.17, 15) is 0 Å². The van der Waals surface area contributed by atoms with Gasteiger partial charge >= 0.3 is 15.3 Å². The van der Waals surface area contributed by atoms with Gasteiger partial charge in [-0.1, -0.05) is 0 Å². The zero-order valence-corrected chi connectivity index (χ0v) is 6.59. The maximum Gasteiger partial charge on any atom is 0.324 e. The summed E-state index contributed by atoms with van der Waals surface area (Å²) >= 11 is 3.60. The van der Waals surface area contributed by atoms with E-state index in [0.29, 0.717) is 0 Å². The molecule has 0 amide bonds. The topological polar surface area (TPSA) is 121 Å². The Balaban J connectivity index is 0. The van der Waals surface area contributed by atoms with Gasteiger partial charge in [0.25, 0.3) is 0 Å². The van der Waals surface area contributed by atoms with Crippen molar-refractivity contribution in [1.29, 1.82) is 0 Å². The molecule has 0 aliphatic carbocycles. The normalized spacial score (nSPS) is 10.6. The number of rotatable bonds is 0. The second-order valence-electron chi connectivity index (χ2n) is 0.782. The minimum Gasteiger partial charge on any atom is -0.328 e. The van der Waals surface area contributed by atoms with Gasteiger partial charge < -0.3 is 29.4 Å². The third-order valence-electron chi connectivity index (χ3n) is 0. The first-order chi connectivity index (χ1) is 3.73. The average Bonchev–Trinajstić information content (AvgIpc) is 1.19. The van der Waals surface area contributed by atoms with Gasteiger partial charge in [0, 0.05) is 0 Å². The second kappa shape index (κ2) is 5.61. The molecule has 6 N–H and O–H groups in total. The number of hydrogen-bond acceptors (Lipinski definition) is 4. The Morgan fingerprint density at radius 1 is 1.00 bits per heavy atom. The Kier molecular flexibility index (Phi) is 7.80. The van der Waals surface area contributed by atoms with Crippen LogP contribution in [0.3, 0.4) is 0 Å². The first-order valence-electron chi connectivity index (χ1n) is 1.38. The molecular formula is H6O6P2S. The molecule has 0 aromatic rings. The van der Waals surface area contributed by atoms with Crippen LogP contribution in [0.4, 0.5) is 0 Å². The molecule has 9 heavy (non-hydrogen) atoms. The predicted octanol–water partition coefficient (Wildman–Crippen LogP) is -1.62. The average molecular weight is 196 g/mol. The summed E-state index contributed by atoms with van der Waals surface area (Å²) in [7, 11) is -2.62. The van der Waals surface area contributed by atoms with Gasteiger partial charge in [-0.3, -0.25) is 0 Å². The summed E-state index contributed by atoms with van der Waals surface area (Å²) in [5, 5.41) is 0. The third kappa shape index (κ3) is 586. The molecule has 0 aliphatic heterocycles. The van der Waals surface area contributed by atoms with Crippen molar-refractivity contribution >= 4 is 27.1 Å². The van der Waals surface area contributed by atoms with E-state index < -0.39 is 15.3 Å². The first kappa shape index (κ1) is 12.5. The summed E-state index contributed by atoms with van der Waals surface area (Å²) < 4.78 is 0. The lowest BCUT2D eigenvalue weighted by atomic mass is 15.8. The van der Waals surface area contributed by atoms with Crippen LogP contribution in [-0.4, -0.2) is 29.4 Å². The molecule has 0 atom stereocenters. The van der Waals surface area contributed by atoms with Crippen molar-refractivity contribution in [3.63, 3.8) is 0 Å². The van der Waals surface area contributed by atoms with E-state index in [1.807, 2.05) is 0 Å². The third-order valence-corrected chi connectivity index (χ3v) is 0. The zero-order chi connectivity index (χ0) is 8.08. The molecule has 0 fully saturated rings. The minimum atomic E-state index is -3.81. The van der Waals surface area contributed by atoms with E-state index in [0.717, 1.165) is 0 Å². The van der Waals surface area contributed by atoms with E-state index >= 15 is 0 Å². The number of hydrogen-bond donors (Lipinski definition) is 6. The molecule has 0 spiro atoms. The van der Waals surface area contributed by atoms with Gasteiger partial charge in [-0.05, 0) is 11.8 Å². The Morgan fingerprint density at radius 2 is 1.00 bits per heavy atom. The lowest BCUT2D eigenvalue weighted by molar-refractivity contribution is 0.363. The van der Waals surface area contributed by atoms with Crippen LogP contribution in [0.15, 0.2) is 0 Å². The minimum absolute atomic E-state index is 2.62. The Hall–Kier alpha value is 0.840. The van der Waals surface area contributed by atoms with Gasteiger partial charge in [-0.25, -0.2) is 0 Å². The molecule has 9 heteroatoms. The molecule has 0 radical (unpaired) electrons. The Morgan fingerprint density at radius 3 is 1.00 bits per heavy atom. The highest BCUT2D eigenvalue weighted by Crippen LogP contribution is 2.26. The van der Waals surface area contributed by atoms with Crippen LogP contribution in [0, 0.1) is 0 Å². The van der Waals surface area contributed by atoms with Gasteiger partial charge in [0.2, 0.25) is 0 Å². The van der Waals surface area contributed by atoms with Crippen molar-refractivity contribution in [3.8, 4) is 0 Å². The Bertz CT molecular complexity index is 82.2. The van der Waals surface area contributed by atoms with Gasteiger partial charge in [0.1, 0.15) is 0 Å². The van der Waals surface area contributed by atoms with Crippen LogP contribution in [0.25, 0.3) is 0 Å². The lowest BCUT2D eigenvalue weighted by Gasteiger charge is -1.88. The quantitative estimate of drug-likeness (QED) is 0.257. The molecular weight excluding hydrogens is 190 g/mol. The van der Waals surface area contributed by atoms with Gasteiger partial charge in [0.15, 0.2) is 0 Å². The van der Waals surface area contributed by atoms with E-state index in [1.54, 1.807) is 0 Å². The highest BCUT2D eigenvalue weighted by atomic mass is 32.5. The molecule has 58 valence electrons. The molecule has 6 nitrogen and oxygen atoms in total. The van der Waals surface area contributed by atoms with Crippen molar-refractivity contribution in [1.82, 2.24) is 0 Å². The molecule has 0 heterocycles. The molecule has 0 unspecified atom stereocenters. The molecule has 0 aliphatic rings. The van der Waals surface area contributed by atoms with Crippen molar-refractivity contribution in [2.45, 2.75) is 0 Å².